The Labute approximate surface area is 116 Å². The second-order valence-electron chi connectivity index (χ2n) is 4.21. The van der Waals surface area contributed by atoms with Gasteiger partial charge in [-0.25, -0.2) is 0 Å². The number of thiol groups is 1. The van der Waals surface area contributed by atoms with Crippen molar-refractivity contribution in [1.29, 1.82) is 0 Å². The molecule has 0 spiro atoms. The first-order valence-electron chi connectivity index (χ1n) is 5.77. The van der Waals surface area contributed by atoms with Crippen LogP contribution < -0.4 is 5.32 Å². The molecule has 1 N–H and O–H groups in total. The SMILES string of the molecule is CC(Cc1cccs1)NC(=O)c1cccc(S)c1. The molecule has 1 unspecified atom stereocenters. The number of hydrogen-bond donors (Lipinski definition) is 2. The Morgan fingerprint density at radius 1 is 1.39 bits per heavy atom. The van der Waals surface area contributed by atoms with Gasteiger partial charge in [0.2, 0.25) is 0 Å². The van der Waals surface area contributed by atoms with Crippen LogP contribution in [-0.2, 0) is 6.42 Å². The molecule has 0 aliphatic heterocycles. The van der Waals surface area contributed by atoms with Crippen molar-refractivity contribution >= 4 is 29.9 Å². The van der Waals surface area contributed by atoms with Gasteiger partial charge in [0, 0.05) is 27.8 Å². The molecular formula is C14H15NOS2. The van der Waals surface area contributed by atoms with E-state index in [1.165, 1.54) is 4.88 Å². The minimum atomic E-state index is -0.0463. The maximum absolute atomic E-state index is 12.0. The van der Waals surface area contributed by atoms with Crippen molar-refractivity contribution in [1.82, 2.24) is 5.32 Å². The summed E-state index contributed by atoms with van der Waals surface area (Å²) in [4.78, 5) is 14.1. The van der Waals surface area contributed by atoms with Gasteiger partial charge in [-0.2, -0.15) is 0 Å². The smallest absolute Gasteiger partial charge is 0.251 e. The average Bonchev–Trinajstić information content (AvgIpc) is 2.81. The van der Waals surface area contributed by atoms with Crippen molar-refractivity contribution in [2.75, 3.05) is 0 Å². The molecule has 2 rings (SSSR count). The molecule has 94 valence electrons. The Balaban J connectivity index is 1.95. The van der Waals surface area contributed by atoms with Crippen LogP contribution in [0.2, 0.25) is 0 Å². The topological polar surface area (TPSA) is 29.1 Å². The molecule has 0 saturated heterocycles. The summed E-state index contributed by atoms with van der Waals surface area (Å²) in [6, 6.07) is 11.5. The predicted octanol–water partition coefficient (Wildman–Crippen LogP) is 3.40. The molecule has 4 heteroatoms. The number of benzene rings is 1. The molecule has 1 amide bonds. The van der Waals surface area contributed by atoms with Gasteiger partial charge >= 0.3 is 0 Å². The number of rotatable bonds is 4. The maximum atomic E-state index is 12.0. The molecule has 0 radical (unpaired) electrons. The van der Waals surface area contributed by atoms with Crippen LogP contribution in [0.1, 0.15) is 22.2 Å². The van der Waals surface area contributed by atoms with E-state index in [0.29, 0.717) is 5.56 Å². The predicted molar refractivity (Wildman–Crippen MR) is 78.6 cm³/mol. The van der Waals surface area contributed by atoms with Crippen molar-refractivity contribution in [3.8, 4) is 0 Å². The summed E-state index contributed by atoms with van der Waals surface area (Å²) in [7, 11) is 0. The molecule has 1 heterocycles. The van der Waals surface area contributed by atoms with Gasteiger partial charge in [0.25, 0.3) is 5.91 Å². The standard InChI is InChI=1S/C14H15NOS2/c1-10(8-13-6-3-7-18-13)15-14(16)11-4-2-5-12(17)9-11/h2-7,9-10,17H,8H2,1H3,(H,15,16). The number of nitrogens with one attached hydrogen (secondary N) is 1. The summed E-state index contributed by atoms with van der Waals surface area (Å²) in [6.45, 7) is 2.02. The van der Waals surface area contributed by atoms with E-state index in [1.807, 2.05) is 30.5 Å². The van der Waals surface area contributed by atoms with Gasteiger partial charge in [0.1, 0.15) is 0 Å². The van der Waals surface area contributed by atoms with Crippen molar-refractivity contribution in [3.63, 3.8) is 0 Å². The lowest BCUT2D eigenvalue weighted by atomic mass is 10.1. The molecule has 18 heavy (non-hydrogen) atoms. The lowest BCUT2D eigenvalue weighted by Crippen LogP contribution is -2.33. The maximum Gasteiger partial charge on any atom is 0.251 e. The molecule has 2 nitrogen and oxygen atoms in total. The third kappa shape index (κ3) is 3.62. The third-order valence-electron chi connectivity index (χ3n) is 2.57. The van der Waals surface area contributed by atoms with Crippen molar-refractivity contribution in [3.05, 3.63) is 52.2 Å². The first kappa shape index (κ1) is 13.2. The molecule has 2 aromatic rings. The van der Waals surface area contributed by atoms with E-state index in [9.17, 15) is 4.79 Å². The Bertz CT molecular complexity index is 522. The molecule has 0 bridgehead atoms. The van der Waals surface area contributed by atoms with Crippen LogP contribution in [0.4, 0.5) is 0 Å². The quantitative estimate of drug-likeness (QED) is 0.824. The molecule has 0 fully saturated rings. The van der Waals surface area contributed by atoms with Crippen LogP contribution in [-0.4, -0.2) is 11.9 Å². The molecule has 1 aromatic carbocycles. The minimum Gasteiger partial charge on any atom is -0.349 e. The number of hydrogen-bond acceptors (Lipinski definition) is 3. The fraction of sp³-hybridized carbons (Fsp3) is 0.214. The number of thiophene rings is 1. The zero-order valence-electron chi connectivity index (χ0n) is 10.1. The largest absolute Gasteiger partial charge is 0.349 e. The van der Waals surface area contributed by atoms with E-state index >= 15 is 0 Å². The summed E-state index contributed by atoms with van der Waals surface area (Å²) in [6.07, 6.45) is 0.865. The molecule has 1 atom stereocenters. The monoisotopic (exact) mass is 277 g/mol. The first-order chi connectivity index (χ1) is 8.65. The summed E-state index contributed by atoms with van der Waals surface area (Å²) < 4.78 is 0. The van der Waals surface area contributed by atoms with Crippen LogP contribution in [0.3, 0.4) is 0 Å². The van der Waals surface area contributed by atoms with Crippen molar-refractivity contribution in [2.24, 2.45) is 0 Å². The van der Waals surface area contributed by atoms with Gasteiger partial charge in [-0.15, -0.1) is 24.0 Å². The van der Waals surface area contributed by atoms with Crippen LogP contribution >= 0.6 is 24.0 Å². The van der Waals surface area contributed by atoms with Crippen LogP contribution in [0.15, 0.2) is 46.7 Å². The van der Waals surface area contributed by atoms with Crippen molar-refractivity contribution < 1.29 is 4.79 Å². The van der Waals surface area contributed by atoms with E-state index in [1.54, 1.807) is 23.5 Å². The normalized spacial score (nSPS) is 12.1. The van der Waals surface area contributed by atoms with Gasteiger partial charge in [0.05, 0.1) is 0 Å². The van der Waals surface area contributed by atoms with E-state index in [4.69, 9.17) is 0 Å². The number of carbonyl (C=O) groups is 1. The Morgan fingerprint density at radius 3 is 2.89 bits per heavy atom. The van der Waals surface area contributed by atoms with Crippen LogP contribution in [0, 0.1) is 0 Å². The fourth-order valence-corrected chi connectivity index (χ4v) is 2.80. The highest BCUT2D eigenvalue weighted by Gasteiger charge is 2.10. The minimum absolute atomic E-state index is 0.0463. The number of carbonyl (C=O) groups excluding carboxylic acids is 1. The van der Waals surface area contributed by atoms with Gasteiger partial charge in [0.15, 0.2) is 0 Å². The zero-order valence-corrected chi connectivity index (χ0v) is 11.8. The van der Waals surface area contributed by atoms with E-state index in [0.717, 1.165) is 11.3 Å². The highest BCUT2D eigenvalue weighted by atomic mass is 32.1. The Hall–Kier alpha value is -1.26. The molecule has 1 aromatic heterocycles. The third-order valence-corrected chi connectivity index (χ3v) is 3.75. The molecule has 0 aliphatic rings. The van der Waals surface area contributed by atoms with Gasteiger partial charge in [-0.1, -0.05) is 12.1 Å². The van der Waals surface area contributed by atoms with Crippen LogP contribution in [0.25, 0.3) is 0 Å². The Kier molecular flexibility index (Phi) is 4.44. The zero-order chi connectivity index (χ0) is 13.0. The number of amides is 1. The summed E-state index contributed by atoms with van der Waals surface area (Å²) in [5.74, 6) is -0.0463. The molecule has 0 aliphatic carbocycles. The van der Waals surface area contributed by atoms with E-state index < -0.39 is 0 Å². The van der Waals surface area contributed by atoms with Gasteiger partial charge in [-0.3, -0.25) is 4.79 Å². The summed E-state index contributed by atoms with van der Waals surface area (Å²) in [5.41, 5.74) is 0.653. The Morgan fingerprint density at radius 2 is 2.22 bits per heavy atom. The van der Waals surface area contributed by atoms with Crippen LogP contribution in [0.5, 0.6) is 0 Å². The first-order valence-corrected chi connectivity index (χ1v) is 7.10. The average molecular weight is 277 g/mol. The van der Waals surface area contributed by atoms with Gasteiger partial charge in [-0.05, 0) is 36.6 Å². The van der Waals surface area contributed by atoms with Gasteiger partial charge < -0.3 is 5.32 Å². The molecular weight excluding hydrogens is 262 g/mol. The van der Waals surface area contributed by atoms with E-state index in [2.05, 4.69) is 24.0 Å². The second kappa shape index (κ2) is 6.07. The fourth-order valence-electron chi connectivity index (χ4n) is 1.74. The highest BCUT2D eigenvalue weighted by molar-refractivity contribution is 7.80. The lowest BCUT2D eigenvalue weighted by Gasteiger charge is -2.13. The highest BCUT2D eigenvalue weighted by Crippen LogP contribution is 2.12. The summed E-state index contributed by atoms with van der Waals surface area (Å²) in [5, 5.41) is 5.05. The van der Waals surface area contributed by atoms with E-state index in [-0.39, 0.29) is 11.9 Å². The second-order valence-corrected chi connectivity index (χ2v) is 5.76. The molecule has 0 saturated carbocycles. The summed E-state index contributed by atoms with van der Waals surface area (Å²) >= 11 is 5.95. The lowest BCUT2D eigenvalue weighted by molar-refractivity contribution is 0.0940. The van der Waals surface area contributed by atoms with Crippen molar-refractivity contribution in [2.45, 2.75) is 24.3 Å².